The second-order valence-corrected chi connectivity index (χ2v) is 29.0. The summed E-state index contributed by atoms with van der Waals surface area (Å²) < 4.78 is 71.8. The lowest BCUT2D eigenvalue weighted by Crippen LogP contribution is -2.45. The molecule has 2 saturated carbocycles. The average molecular weight is 1220 g/mol. The molecule has 4 fully saturated rings. The van der Waals surface area contributed by atoms with Crippen LogP contribution in [0.25, 0.3) is 11.6 Å². The Balaban J connectivity index is 0.000000189. The largest absolute Gasteiger partial charge is 0.477 e. The van der Waals surface area contributed by atoms with Gasteiger partial charge in [-0.2, -0.15) is 16.8 Å². The van der Waals surface area contributed by atoms with Crippen LogP contribution in [0.2, 0.25) is 5.15 Å². The number of rotatable bonds is 18. The van der Waals surface area contributed by atoms with Crippen molar-refractivity contribution in [3.8, 4) is 23.4 Å². The third-order valence-corrected chi connectivity index (χ3v) is 20.0. The first kappa shape index (κ1) is 61.2. The van der Waals surface area contributed by atoms with E-state index in [0.717, 1.165) is 70.8 Å². The van der Waals surface area contributed by atoms with Gasteiger partial charge in [-0.25, -0.2) is 38.7 Å². The van der Waals surface area contributed by atoms with Crippen molar-refractivity contribution < 1.29 is 35.9 Å². The van der Waals surface area contributed by atoms with Crippen LogP contribution < -0.4 is 38.9 Å². The summed E-state index contributed by atoms with van der Waals surface area (Å²) in [6.07, 6.45) is 18.3. The van der Waals surface area contributed by atoms with E-state index >= 15 is 0 Å². The molecule has 11 rings (SSSR count). The van der Waals surface area contributed by atoms with Gasteiger partial charge in [0.15, 0.2) is 21.7 Å². The van der Waals surface area contributed by atoms with Crippen LogP contribution in [0, 0.1) is 10.8 Å². The third-order valence-electron chi connectivity index (χ3n) is 17.2. The van der Waals surface area contributed by atoms with Crippen LogP contribution in [0.3, 0.4) is 0 Å². The summed E-state index contributed by atoms with van der Waals surface area (Å²) >= 11 is 6.31. The van der Waals surface area contributed by atoms with Gasteiger partial charge in [-0.1, -0.05) is 37.6 Å². The van der Waals surface area contributed by atoms with Crippen LogP contribution in [-0.4, -0.2) is 132 Å². The van der Waals surface area contributed by atoms with Crippen LogP contribution in [0.15, 0.2) is 95.2 Å². The number of pyridine rings is 4. The molecule has 0 radical (unpaired) electrons. The molecule has 6 aromatic heterocycles. The van der Waals surface area contributed by atoms with E-state index in [0.29, 0.717) is 77.5 Å². The molecule has 5 aliphatic rings. The van der Waals surface area contributed by atoms with Crippen molar-refractivity contribution in [3.63, 3.8) is 0 Å². The molecule has 85 heavy (non-hydrogen) atoms. The number of aromatic nitrogens is 8. The molecule has 0 spiro atoms. The first-order valence-electron chi connectivity index (χ1n) is 29.4. The molecule has 25 heteroatoms. The monoisotopic (exact) mass is 1220 g/mol. The molecule has 2 aliphatic carbocycles. The molecule has 2 bridgehead atoms. The zero-order valence-corrected chi connectivity index (χ0v) is 52.2. The number of hydrogen-bond donors (Lipinski definition) is 3. The van der Waals surface area contributed by atoms with E-state index in [2.05, 4.69) is 86.4 Å². The second-order valence-electron chi connectivity index (χ2n) is 25.4. The normalized spacial score (nSPS) is 20.6. The molecule has 2 unspecified atom stereocenters. The molecular weight excluding hydrogens is 1140 g/mol. The molecule has 2 amide bonds. The van der Waals surface area contributed by atoms with Gasteiger partial charge < -0.3 is 29.5 Å². The standard InChI is InChI=1S/C30H40ClN7O4S.C30H39N7O4S/c1-29(2)14-12-21(34-29)7-6-18-37(4)23-8-5-9-26(32-23)43(40,41)36-28(39)22-10-11-24(33-27(22)31)38-19-13-25(35-38)42-20-17-30(3)15-16-30;1-29(2)14-12-21-7-6-18-35(4)23-8-5-9-26(31-23)42(39,40)34-28(38)22-10-11-24(32-27(22)37(21)29)36-19-13-25(33-36)41-20-17-30(3)15-16-30/h5,8-11,13,19,21,34H,6-7,12,14-18,20H2,1-4H3,(H,36,39);5,8-11,13,19,21H,6-7,12,14-18,20H2,1-4H3,(H,34,38). The SMILES string of the molecule is CN(CCCC1CCC(C)(C)N1)c1cccc(S(=O)(=O)NC(=O)c2ccc(-n3ccc(OCCC4(C)CC4)n3)nc2Cl)n1.CN1CCCC2CCC(C)(C)N2c2nc(-n3ccc(OCCC4(C)CC4)n3)ccc2C(=O)NS(=O)(=O)c2cccc1n2. The van der Waals surface area contributed by atoms with Gasteiger partial charge in [0, 0.05) is 74.9 Å². The fourth-order valence-corrected chi connectivity index (χ4v) is 13.3. The summed E-state index contributed by atoms with van der Waals surface area (Å²) in [5, 5.41) is 12.0. The van der Waals surface area contributed by atoms with Crippen molar-refractivity contribution in [2.24, 2.45) is 10.8 Å². The highest BCUT2D eigenvalue weighted by atomic mass is 35.5. The molecule has 0 aromatic carbocycles. The Bertz CT molecular complexity index is 3640. The number of nitrogens with one attached hydrogen (secondary N) is 3. The molecule has 9 heterocycles. The zero-order valence-electron chi connectivity index (χ0n) is 49.8. The van der Waals surface area contributed by atoms with Gasteiger partial charge in [0.25, 0.3) is 31.9 Å². The lowest BCUT2D eigenvalue weighted by molar-refractivity contribution is 0.0972. The number of fused-ring (bicyclic) bond motifs is 5. The highest BCUT2D eigenvalue weighted by molar-refractivity contribution is 7.90. The predicted molar refractivity (Wildman–Crippen MR) is 325 cm³/mol. The average Bonchev–Trinajstić information content (AvgIpc) is 2.06. The zero-order chi connectivity index (χ0) is 60.5. The summed E-state index contributed by atoms with van der Waals surface area (Å²) in [6.45, 7) is 15.9. The van der Waals surface area contributed by atoms with E-state index in [9.17, 15) is 26.4 Å². The van der Waals surface area contributed by atoms with Crippen LogP contribution in [0.4, 0.5) is 17.5 Å². The van der Waals surface area contributed by atoms with Crippen molar-refractivity contribution >= 4 is 60.9 Å². The van der Waals surface area contributed by atoms with E-state index in [-0.39, 0.29) is 43.5 Å². The number of carbonyl (C=O) groups excluding carboxylic acids is 2. The Hall–Kier alpha value is -6.89. The number of nitrogens with zero attached hydrogens (tertiary/aromatic N) is 11. The minimum absolute atomic E-state index is 0.0905. The van der Waals surface area contributed by atoms with Crippen LogP contribution >= 0.6 is 11.6 Å². The molecule has 2 atom stereocenters. The van der Waals surface area contributed by atoms with Gasteiger partial charge in [-0.3, -0.25) is 9.59 Å². The molecule has 2 saturated heterocycles. The minimum Gasteiger partial charge on any atom is -0.477 e. The fourth-order valence-electron chi connectivity index (χ4n) is 11.2. The number of ether oxygens (including phenoxy) is 2. The van der Waals surface area contributed by atoms with E-state index in [1.54, 1.807) is 59.5 Å². The number of sulfonamides is 2. The minimum atomic E-state index is -4.27. The highest BCUT2D eigenvalue weighted by Gasteiger charge is 2.43. The summed E-state index contributed by atoms with van der Waals surface area (Å²) in [6, 6.07) is 19.9. The Kier molecular flexibility index (Phi) is 17.6. The van der Waals surface area contributed by atoms with Gasteiger partial charge in [-0.15, -0.1) is 10.2 Å². The van der Waals surface area contributed by atoms with Crippen molar-refractivity contribution in [3.05, 3.63) is 101 Å². The van der Waals surface area contributed by atoms with Gasteiger partial charge in [-0.05, 0) is 177 Å². The first-order chi connectivity index (χ1) is 40.3. The first-order valence-corrected chi connectivity index (χ1v) is 32.7. The Morgan fingerprint density at radius 1 is 0.776 bits per heavy atom. The second kappa shape index (κ2) is 24.5. The van der Waals surface area contributed by atoms with E-state index in [4.69, 9.17) is 26.1 Å². The lowest BCUT2D eigenvalue weighted by Gasteiger charge is -2.38. The summed E-state index contributed by atoms with van der Waals surface area (Å²) in [5.74, 6) is 1.69. The van der Waals surface area contributed by atoms with Crippen molar-refractivity contribution in [1.29, 1.82) is 0 Å². The molecule has 3 aliphatic heterocycles. The van der Waals surface area contributed by atoms with Gasteiger partial charge in [0.05, 0.1) is 24.3 Å². The predicted octanol–water partition coefficient (Wildman–Crippen LogP) is 9.08. The third kappa shape index (κ3) is 15.0. The Labute approximate surface area is 503 Å². The summed E-state index contributed by atoms with van der Waals surface area (Å²) in [7, 11) is -4.72. The van der Waals surface area contributed by atoms with Crippen molar-refractivity contribution in [2.75, 3.05) is 55.1 Å². The molecule has 456 valence electrons. The fraction of sp³-hybridized carbons (Fsp3) is 0.533. The Morgan fingerprint density at radius 2 is 1.42 bits per heavy atom. The highest BCUT2D eigenvalue weighted by Crippen LogP contribution is 2.49. The summed E-state index contributed by atoms with van der Waals surface area (Å²) in [5.41, 5.74) is 0.771. The number of amides is 2. The van der Waals surface area contributed by atoms with Gasteiger partial charge in [0.2, 0.25) is 11.8 Å². The maximum Gasteiger partial charge on any atom is 0.281 e. The topological polar surface area (TPSA) is 254 Å². The quantitative estimate of drug-likeness (QED) is 0.0678. The van der Waals surface area contributed by atoms with Gasteiger partial charge >= 0.3 is 0 Å². The number of hydrogen-bond acceptors (Lipinski definition) is 18. The maximum atomic E-state index is 13.7. The smallest absolute Gasteiger partial charge is 0.281 e. The molecule has 3 N–H and O–H groups in total. The van der Waals surface area contributed by atoms with Crippen molar-refractivity contribution in [1.82, 2.24) is 54.3 Å². The maximum absolute atomic E-state index is 13.7. The Morgan fingerprint density at radius 3 is 2.06 bits per heavy atom. The number of halogens is 1. The number of carbonyl (C=O) groups is 2. The summed E-state index contributed by atoms with van der Waals surface area (Å²) in [4.78, 5) is 50.5. The van der Waals surface area contributed by atoms with Crippen LogP contribution in [-0.2, 0) is 20.0 Å². The van der Waals surface area contributed by atoms with Crippen LogP contribution in [0.5, 0.6) is 11.8 Å². The molecule has 22 nitrogen and oxygen atoms in total. The van der Waals surface area contributed by atoms with Gasteiger partial charge in [0.1, 0.15) is 22.6 Å². The lowest BCUT2D eigenvalue weighted by atomic mass is 10.0. The van der Waals surface area contributed by atoms with E-state index in [1.165, 1.54) is 54.6 Å². The molecular formula is C60H79ClN14O8S2. The van der Waals surface area contributed by atoms with Crippen molar-refractivity contribution in [2.45, 2.75) is 165 Å². The number of anilines is 3. The van der Waals surface area contributed by atoms with E-state index in [1.807, 2.05) is 30.0 Å². The van der Waals surface area contributed by atoms with Crippen LogP contribution in [0.1, 0.15) is 152 Å². The molecule has 6 aromatic rings. The van der Waals surface area contributed by atoms with E-state index < -0.39 is 31.9 Å².